The molecule has 0 aliphatic carbocycles. The summed E-state index contributed by atoms with van der Waals surface area (Å²) in [5, 5.41) is 3.83. The molecule has 4 aromatic heterocycles. The smallest absolute Gasteiger partial charge is 0.332 e. The van der Waals surface area contributed by atoms with Crippen LogP contribution in [0.1, 0.15) is 37.4 Å². The lowest BCUT2D eigenvalue weighted by Crippen LogP contribution is -2.38. The zero-order chi connectivity index (χ0) is 39.2. The third-order valence-corrected chi connectivity index (χ3v) is 12.1. The monoisotopic (exact) mass is 789 g/mol. The zero-order valence-electron chi connectivity index (χ0n) is 31.5. The van der Waals surface area contributed by atoms with Gasteiger partial charge in [-0.25, -0.2) is 24.5 Å². The van der Waals surface area contributed by atoms with Gasteiger partial charge in [-0.05, 0) is 18.9 Å². The lowest BCUT2D eigenvalue weighted by Gasteiger charge is -2.16. The summed E-state index contributed by atoms with van der Waals surface area (Å²) in [6.45, 7) is 11.2. The largest absolute Gasteiger partial charge is 0.448 e. The molecule has 0 bridgehead atoms. The Morgan fingerprint density at radius 3 is 2.30 bits per heavy atom. The lowest BCUT2D eigenvalue weighted by atomic mass is 10.2. The Morgan fingerprint density at radius 1 is 1.00 bits per heavy atom. The maximum atomic E-state index is 12.8. The number of aliphatic imine (C=N–C) groups is 1. The molecule has 0 fully saturated rings. The summed E-state index contributed by atoms with van der Waals surface area (Å²) in [5.41, 5.74) is 0.387. The third-order valence-electron chi connectivity index (χ3n) is 8.42. The van der Waals surface area contributed by atoms with Crippen LogP contribution in [0.15, 0.2) is 40.0 Å². The van der Waals surface area contributed by atoms with E-state index in [9.17, 15) is 28.8 Å². The molecular formula is C33H47N9O8S2Si. The molecule has 0 saturated carbocycles. The van der Waals surface area contributed by atoms with Crippen molar-refractivity contribution < 1.29 is 18.7 Å². The van der Waals surface area contributed by atoms with Gasteiger partial charge < -0.3 is 19.3 Å². The fraction of sp³-hybridized carbons (Fsp3) is 0.545. The Hall–Kier alpha value is -4.27. The molecule has 1 unspecified atom stereocenters. The summed E-state index contributed by atoms with van der Waals surface area (Å²) in [6.07, 6.45) is 4.13. The van der Waals surface area contributed by atoms with Gasteiger partial charge in [-0.15, -0.1) is 11.8 Å². The molecule has 0 radical (unpaired) electrons. The molecule has 288 valence electrons. The fourth-order valence-corrected chi connectivity index (χ4v) is 7.49. The average molecular weight is 790 g/mol. The summed E-state index contributed by atoms with van der Waals surface area (Å²) >= 11 is 2.60. The normalized spacial score (nSPS) is 13.0. The first-order valence-corrected chi connectivity index (χ1v) is 22.7. The highest BCUT2D eigenvalue weighted by molar-refractivity contribution is 8.13. The van der Waals surface area contributed by atoms with Crippen molar-refractivity contribution in [1.29, 1.82) is 0 Å². The van der Waals surface area contributed by atoms with E-state index in [-0.39, 0.29) is 40.8 Å². The number of aryl methyl sites for hydroxylation is 2. The van der Waals surface area contributed by atoms with Gasteiger partial charge in [0.1, 0.15) is 25.1 Å². The first-order chi connectivity index (χ1) is 25.0. The third kappa shape index (κ3) is 9.84. The molecule has 0 aromatic carbocycles. The van der Waals surface area contributed by atoms with Gasteiger partial charge in [0.25, 0.3) is 11.1 Å². The van der Waals surface area contributed by atoms with E-state index in [0.717, 1.165) is 44.1 Å². The van der Waals surface area contributed by atoms with E-state index in [1.807, 2.05) is 6.92 Å². The number of fused-ring (bicyclic) bond motifs is 2. The van der Waals surface area contributed by atoms with Crippen LogP contribution in [-0.4, -0.2) is 76.5 Å². The molecule has 5 rings (SSSR count). The molecular weight excluding hydrogens is 743 g/mol. The summed E-state index contributed by atoms with van der Waals surface area (Å²) in [4.78, 5) is 85.5. The van der Waals surface area contributed by atoms with Crippen molar-refractivity contribution in [2.24, 2.45) is 33.2 Å². The minimum Gasteiger partial charge on any atom is -0.448 e. The van der Waals surface area contributed by atoms with E-state index in [2.05, 4.69) is 39.9 Å². The van der Waals surface area contributed by atoms with Crippen molar-refractivity contribution in [3.05, 3.63) is 65.1 Å². The molecule has 1 aliphatic rings. The van der Waals surface area contributed by atoms with Crippen molar-refractivity contribution in [2.75, 3.05) is 12.4 Å². The quantitative estimate of drug-likeness (QED) is 0.0846. The number of ether oxygens (including phenoxy) is 1. The van der Waals surface area contributed by atoms with Crippen LogP contribution >= 0.6 is 23.5 Å². The second-order valence-corrected chi connectivity index (χ2v) is 21.2. The molecule has 17 nitrogen and oxygen atoms in total. The van der Waals surface area contributed by atoms with Crippen molar-refractivity contribution in [3.63, 3.8) is 0 Å². The van der Waals surface area contributed by atoms with Crippen LogP contribution in [0.3, 0.4) is 0 Å². The predicted molar refractivity (Wildman–Crippen MR) is 208 cm³/mol. The minimum atomic E-state index is -1.28. The highest BCUT2D eigenvalue weighted by atomic mass is 32.2. The Labute approximate surface area is 314 Å². The van der Waals surface area contributed by atoms with Crippen LogP contribution in [0.5, 0.6) is 0 Å². The molecule has 0 saturated heterocycles. The van der Waals surface area contributed by atoms with Crippen LogP contribution in [0, 0.1) is 0 Å². The van der Waals surface area contributed by atoms with Crippen molar-refractivity contribution in [1.82, 2.24) is 38.1 Å². The predicted octanol–water partition coefficient (Wildman–Crippen LogP) is 2.09. The first-order valence-electron chi connectivity index (χ1n) is 17.0. The molecule has 53 heavy (non-hydrogen) atoms. The highest BCUT2D eigenvalue weighted by Crippen LogP contribution is 2.28. The molecule has 4 aromatic rings. The molecule has 1 amide bonds. The van der Waals surface area contributed by atoms with Crippen LogP contribution in [0.25, 0.3) is 11.2 Å². The van der Waals surface area contributed by atoms with Gasteiger partial charge in [0.15, 0.2) is 16.3 Å². The lowest BCUT2D eigenvalue weighted by molar-refractivity contribution is -0.121. The van der Waals surface area contributed by atoms with Crippen LogP contribution in [-0.2, 0) is 67.8 Å². The van der Waals surface area contributed by atoms with Gasteiger partial charge in [0.2, 0.25) is 11.8 Å². The Bertz CT molecular complexity index is 2260. The number of aromatic nitrogens is 7. The van der Waals surface area contributed by atoms with Gasteiger partial charge in [-0.1, -0.05) is 45.3 Å². The molecule has 5 heterocycles. The number of carbonyl (C=O) groups excluding carboxylic acids is 2. The number of carbonyl (C=O) groups is 2. The molecule has 0 spiro atoms. The van der Waals surface area contributed by atoms with E-state index in [1.165, 1.54) is 35.0 Å². The van der Waals surface area contributed by atoms with Crippen LogP contribution < -0.4 is 27.8 Å². The number of amides is 1. The summed E-state index contributed by atoms with van der Waals surface area (Å²) in [5.74, 6) is 1.35. The Balaban J connectivity index is 0.000000250. The van der Waals surface area contributed by atoms with E-state index in [4.69, 9.17) is 9.15 Å². The molecule has 1 atom stereocenters. The van der Waals surface area contributed by atoms with Crippen molar-refractivity contribution in [3.8, 4) is 0 Å². The molecule has 20 heteroatoms. The zero-order valence-corrected chi connectivity index (χ0v) is 34.2. The Morgan fingerprint density at radius 2 is 1.68 bits per heavy atom. The number of nitrogens with zero attached hydrogens (tertiary/aromatic N) is 8. The number of hydrogen-bond donors (Lipinski definition) is 1. The van der Waals surface area contributed by atoms with Gasteiger partial charge >= 0.3 is 11.4 Å². The van der Waals surface area contributed by atoms with Crippen LogP contribution in [0.2, 0.25) is 25.7 Å². The summed E-state index contributed by atoms with van der Waals surface area (Å²) in [6, 6.07) is 0.426. The average Bonchev–Trinajstić information content (AvgIpc) is 3.87. The van der Waals surface area contributed by atoms with Gasteiger partial charge in [0.05, 0.1) is 33.8 Å². The van der Waals surface area contributed by atoms with Gasteiger partial charge in [-0.3, -0.25) is 37.2 Å². The van der Waals surface area contributed by atoms with E-state index in [1.54, 1.807) is 31.8 Å². The van der Waals surface area contributed by atoms with Crippen LogP contribution in [0.4, 0.5) is 5.82 Å². The van der Waals surface area contributed by atoms with Gasteiger partial charge in [0, 0.05) is 49.3 Å². The number of imidazole rings is 1. The maximum absolute atomic E-state index is 12.8. The van der Waals surface area contributed by atoms with E-state index >= 15 is 0 Å². The van der Waals surface area contributed by atoms with E-state index in [0.29, 0.717) is 53.9 Å². The minimum absolute atomic E-state index is 0.0107. The second-order valence-electron chi connectivity index (χ2n) is 13.6. The number of nitrogens with one attached hydrogen (secondary N) is 1. The standard InChI is InChI=1S/C19H31N5O5SSi.C14H16N4O3S/c1-7-13(10-25)20-14(26)11-30-18-21-16-15(17(27)23(3)19(28)22(16)2)24(18)12-29-8-9-31(4,5)6;1-4-8-6-21-10(15-8)7-22-11-5-9-12(16-11)17(2)14(20)18(3)13(9)19/h10,13H,7-9,11-12H2,1-6H3,(H,20,26);6H,4-5,7H2,1-3H3. The Kier molecular flexibility index (Phi) is 13.9. The number of aldehydes is 1. The topological polar surface area (TPSA) is 200 Å². The number of thioether (sulfide) groups is 2. The van der Waals surface area contributed by atoms with Gasteiger partial charge in [-0.2, -0.15) is 0 Å². The first kappa shape index (κ1) is 41.5. The highest BCUT2D eigenvalue weighted by Gasteiger charge is 2.24. The molecule has 1 aliphatic heterocycles. The second kappa shape index (κ2) is 17.7. The summed E-state index contributed by atoms with van der Waals surface area (Å²) in [7, 11) is 4.78. The maximum Gasteiger partial charge on any atom is 0.332 e. The fourth-order valence-electron chi connectivity index (χ4n) is 5.12. The van der Waals surface area contributed by atoms with Crippen molar-refractivity contribution in [2.45, 2.75) is 82.5 Å². The number of hydrogen-bond acceptors (Lipinski definition) is 13. The molecule has 1 N–H and O–H groups in total. The summed E-state index contributed by atoms with van der Waals surface area (Å²) < 4.78 is 17.7. The van der Waals surface area contributed by atoms with E-state index < -0.39 is 25.4 Å². The number of oxazole rings is 1. The number of rotatable bonds is 14. The van der Waals surface area contributed by atoms with Crippen molar-refractivity contribution >= 4 is 65.8 Å². The SMILES string of the molecule is CCC(C=O)NC(=O)CSc1nc2c(c(=O)n(C)c(=O)n2C)n1COCC[Si](C)(C)C.CCc1coc(CSC2=Nc3c(c(=O)n(C)c(=O)n3C)C2)n1.